The van der Waals surface area contributed by atoms with Crippen LogP contribution in [0.4, 0.5) is 0 Å². The van der Waals surface area contributed by atoms with Gasteiger partial charge in [-0.25, -0.2) is 0 Å². The van der Waals surface area contributed by atoms with Crippen molar-refractivity contribution in [2.75, 3.05) is 19.6 Å². The fraction of sp³-hybridized carbons (Fsp3) is 1.00. The normalized spacial score (nSPS) is 24.9. The van der Waals surface area contributed by atoms with Crippen molar-refractivity contribution in [3.63, 3.8) is 0 Å². The average molecular weight is 198 g/mol. The molecule has 2 heteroatoms. The standard InChI is InChI=1S/C12H26N2/c1-4-11-6-8-14(9-7-11)12(3,5-2)10-13/h11H,4-10,13H2,1-3H3. The van der Waals surface area contributed by atoms with Crippen LogP contribution < -0.4 is 5.73 Å². The minimum atomic E-state index is 0.249. The quantitative estimate of drug-likeness (QED) is 0.750. The lowest BCUT2D eigenvalue weighted by molar-refractivity contribution is 0.0638. The van der Waals surface area contributed by atoms with E-state index in [1.54, 1.807) is 0 Å². The zero-order chi connectivity index (χ0) is 10.6. The third-order valence-electron chi connectivity index (χ3n) is 4.16. The van der Waals surface area contributed by atoms with E-state index in [-0.39, 0.29) is 5.54 Å². The minimum Gasteiger partial charge on any atom is -0.329 e. The van der Waals surface area contributed by atoms with Crippen LogP contribution in [-0.4, -0.2) is 30.1 Å². The van der Waals surface area contributed by atoms with E-state index in [2.05, 4.69) is 25.7 Å². The van der Waals surface area contributed by atoms with Crippen molar-refractivity contribution >= 4 is 0 Å². The maximum absolute atomic E-state index is 5.87. The fourth-order valence-electron chi connectivity index (χ4n) is 2.38. The molecule has 2 N–H and O–H groups in total. The van der Waals surface area contributed by atoms with Gasteiger partial charge in [0.05, 0.1) is 0 Å². The molecule has 0 aromatic carbocycles. The summed E-state index contributed by atoms with van der Waals surface area (Å²) in [5, 5.41) is 0. The predicted octanol–water partition coefficient (Wildman–Crippen LogP) is 2.24. The molecule has 1 saturated heterocycles. The summed E-state index contributed by atoms with van der Waals surface area (Å²) in [5.74, 6) is 0.963. The second-order valence-electron chi connectivity index (χ2n) is 4.89. The number of likely N-dealkylation sites (tertiary alicyclic amines) is 1. The zero-order valence-electron chi connectivity index (χ0n) is 10.1. The van der Waals surface area contributed by atoms with Crippen molar-refractivity contribution in [1.82, 2.24) is 4.90 Å². The van der Waals surface area contributed by atoms with E-state index in [0.717, 1.165) is 12.5 Å². The Morgan fingerprint density at radius 1 is 1.29 bits per heavy atom. The van der Waals surface area contributed by atoms with Gasteiger partial charge in [-0.3, -0.25) is 4.90 Å². The summed E-state index contributed by atoms with van der Waals surface area (Å²) >= 11 is 0. The highest BCUT2D eigenvalue weighted by molar-refractivity contribution is 4.88. The smallest absolute Gasteiger partial charge is 0.0300 e. The lowest BCUT2D eigenvalue weighted by Gasteiger charge is -2.44. The van der Waals surface area contributed by atoms with Gasteiger partial charge in [-0.05, 0) is 45.2 Å². The van der Waals surface area contributed by atoms with E-state index in [9.17, 15) is 0 Å². The SMILES string of the molecule is CCC1CCN(C(C)(CC)CN)CC1. The average Bonchev–Trinajstić information content (AvgIpc) is 2.28. The van der Waals surface area contributed by atoms with E-state index in [1.165, 1.54) is 38.8 Å². The van der Waals surface area contributed by atoms with Crippen LogP contribution >= 0.6 is 0 Å². The molecule has 0 amide bonds. The Bertz CT molecular complexity index is 156. The van der Waals surface area contributed by atoms with E-state index in [0.29, 0.717) is 0 Å². The summed E-state index contributed by atoms with van der Waals surface area (Å²) in [4.78, 5) is 2.60. The molecule has 1 fully saturated rings. The first-order valence-electron chi connectivity index (χ1n) is 6.11. The van der Waals surface area contributed by atoms with Crippen LogP contribution in [0.3, 0.4) is 0 Å². The largest absolute Gasteiger partial charge is 0.329 e. The van der Waals surface area contributed by atoms with Gasteiger partial charge in [-0.15, -0.1) is 0 Å². The molecule has 1 atom stereocenters. The number of hydrogen-bond donors (Lipinski definition) is 1. The molecule has 1 aliphatic heterocycles. The molecule has 0 spiro atoms. The third-order valence-corrected chi connectivity index (χ3v) is 4.16. The molecule has 1 unspecified atom stereocenters. The first kappa shape index (κ1) is 12.0. The predicted molar refractivity (Wildman–Crippen MR) is 62.3 cm³/mol. The van der Waals surface area contributed by atoms with Gasteiger partial charge in [0.1, 0.15) is 0 Å². The maximum atomic E-state index is 5.87. The molecule has 0 bridgehead atoms. The van der Waals surface area contributed by atoms with Crippen molar-refractivity contribution in [1.29, 1.82) is 0 Å². The van der Waals surface area contributed by atoms with Crippen LogP contribution in [0.5, 0.6) is 0 Å². The fourth-order valence-corrected chi connectivity index (χ4v) is 2.38. The molecule has 0 aliphatic carbocycles. The van der Waals surface area contributed by atoms with Gasteiger partial charge in [-0.2, -0.15) is 0 Å². The molecule has 0 aromatic rings. The van der Waals surface area contributed by atoms with Crippen molar-refractivity contribution < 1.29 is 0 Å². The Kier molecular flexibility index (Phi) is 4.39. The Balaban J connectivity index is 2.47. The monoisotopic (exact) mass is 198 g/mol. The molecule has 2 nitrogen and oxygen atoms in total. The van der Waals surface area contributed by atoms with E-state index >= 15 is 0 Å². The van der Waals surface area contributed by atoms with Crippen LogP contribution in [0.25, 0.3) is 0 Å². The Hall–Kier alpha value is -0.0800. The molecule has 0 radical (unpaired) electrons. The van der Waals surface area contributed by atoms with Crippen molar-refractivity contribution in [2.45, 2.75) is 52.0 Å². The Morgan fingerprint density at radius 3 is 2.21 bits per heavy atom. The first-order valence-corrected chi connectivity index (χ1v) is 6.11. The molecular formula is C12H26N2. The van der Waals surface area contributed by atoms with Crippen LogP contribution in [-0.2, 0) is 0 Å². The summed E-state index contributed by atoms with van der Waals surface area (Å²) < 4.78 is 0. The topological polar surface area (TPSA) is 29.3 Å². The number of piperidine rings is 1. The van der Waals surface area contributed by atoms with E-state index < -0.39 is 0 Å². The van der Waals surface area contributed by atoms with Gasteiger partial charge in [0.2, 0.25) is 0 Å². The molecule has 84 valence electrons. The van der Waals surface area contributed by atoms with E-state index in [4.69, 9.17) is 5.73 Å². The summed E-state index contributed by atoms with van der Waals surface area (Å²) in [6, 6.07) is 0. The zero-order valence-corrected chi connectivity index (χ0v) is 10.1. The summed E-state index contributed by atoms with van der Waals surface area (Å²) in [6.07, 6.45) is 5.25. The van der Waals surface area contributed by atoms with Crippen molar-refractivity contribution in [3.05, 3.63) is 0 Å². The summed E-state index contributed by atoms with van der Waals surface area (Å²) in [5.41, 5.74) is 6.12. The number of nitrogens with two attached hydrogens (primary N) is 1. The second kappa shape index (κ2) is 5.13. The lowest BCUT2D eigenvalue weighted by Crippen LogP contribution is -2.54. The lowest BCUT2D eigenvalue weighted by atomic mass is 9.88. The summed E-state index contributed by atoms with van der Waals surface area (Å²) in [7, 11) is 0. The van der Waals surface area contributed by atoms with Crippen LogP contribution in [0.15, 0.2) is 0 Å². The van der Waals surface area contributed by atoms with Gasteiger partial charge in [-0.1, -0.05) is 20.3 Å². The maximum Gasteiger partial charge on any atom is 0.0300 e. The molecule has 0 aromatic heterocycles. The molecule has 14 heavy (non-hydrogen) atoms. The highest BCUT2D eigenvalue weighted by Gasteiger charge is 2.31. The molecule has 1 rings (SSSR count). The van der Waals surface area contributed by atoms with Crippen molar-refractivity contribution in [3.8, 4) is 0 Å². The third kappa shape index (κ3) is 2.48. The molecule has 1 aliphatic rings. The van der Waals surface area contributed by atoms with Crippen LogP contribution in [0.2, 0.25) is 0 Å². The Labute approximate surface area is 88.8 Å². The summed E-state index contributed by atoms with van der Waals surface area (Å²) in [6.45, 7) is 10.2. The van der Waals surface area contributed by atoms with Crippen LogP contribution in [0.1, 0.15) is 46.5 Å². The first-order chi connectivity index (χ1) is 6.66. The Morgan fingerprint density at radius 2 is 1.86 bits per heavy atom. The molecular weight excluding hydrogens is 172 g/mol. The van der Waals surface area contributed by atoms with Crippen LogP contribution in [0, 0.1) is 5.92 Å². The number of nitrogens with zero attached hydrogens (tertiary/aromatic N) is 1. The number of hydrogen-bond acceptors (Lipinski definition) is 2. The van der Waals surface area contributed by atoms with Gasteiger partial charge in [0.25, 0.3) is 0 Å². The minimum absolute atomic E-state index is 0.249. The van der Waals surface area contributed by atoms with Gasteiger partial charge in [0, 0.05) is 12.1 Å². The van der Waals surface area contributed by atoms with Crippen molar-refractivity contribution in [2.24, 2.45) is 11.7 Å². The van der Waals surface area contributed by atoms with Gasteiger partial charge in [0.15, 0.2) is 0 Å². The second-order valence-corrected chi connectivity index (χ2v) is 4.89. The number of rotatable bonds is 4. The highest BCUT2D eigenvalue weighted by atomic mass is 15.2. The highest BCUT2D eigenvalue weighted by Crippen LogP contribution is 2.27. The van der Waals surface area contributed by atoms with E-state index in [1.807, 2.05) is 0 Å². The molecule has 0 saturated carbocycles. The van der Waals surface area contributed by atoms with Gasteiger partial charge >= 0.3 is 0 Å². The van der Waals surface area contributed by atoms with Gasteiger partial charge < -0.3 is 5.73 Å². The molecule has 1 heterocycles.